The molecule has 1 amide bonds. The van der Waals surface area contributed by atoms with Gasteiger partial charge in [-0.05, 0) is 36.1 Å². The number of hydrogen-bond acceptors (Lipinski definition) is 4. The van der Waals surface area contributed by atoms with Crippen molar-refractivity contribution in [1.82, 2.24) is 19.6 Å². The Balaban J connectivity index is 1.45. The van der Waals surface area contributed by atoms with Crippen molar-refractivity contribution in [2.24, 2.45) is 0 Å². The van der Waals surface area contributed by atoms with E-state index in [1.807, 2.05) is 12.3 Å². The first kappa shape index (κ1) is 20.6. The van der Waals surface area contributed by atoms with E-state index in [2.05, 4.69) is 15.5 Å². The van der Waals surface area contributed by atoms with Gasteiger partial charge < -0.3 is 5.32 Å². The standard InChI is InChI=1S/C20H16Cl2FN5OS/c1-12-5-19(26-28(12)10-15-16(22)3-2-4-17(15)23)25-20(29)18-6-13(11-30-18)8-27-9-14(21)7-24-27/h2-7,9,11H,8,10H2,1H3,(H,25,26,29). The number of thiophene rings is 1. The van der Waals surface area contributed by atoms with Crippen molar-refractivity contribution >= 4 is 46.3 Å². The molecule has 0 radical (unpaired) electrons. The highest BCUT2D eigenvalue weighted by Crippen LogP contribution is 2.22. The average Bonchev–Trinajstić information content (AvgIpc) is 3.40. The zero-order chi connectivity index (χ0) is 21.3. The molecule has 3 aromatic heterocycles. The molecule has 0 saturated heterocycles. The van der Waals surface area contributed by atoms with Crippen LogP contribution in [-0.2, 0) is 13.1 Å². The molecule has 1 aromatic carbocycles. The summed E-state index contributed by atoms with van der Waals surface area (Å²) < 4.78 is 17.4. The van der Waals surface area contributed by atoms with E-state index in [0.717, 1.165) is 11.3 Å². The molecule has 4 aromatic rings. The van der Waals surface area contributed by atoms with Crippen LogP contribution in [0.15, 0.2) is 48.1 Å². The molecule has 0 saturated carbocycles. The van der Waals surface area contributed by atoms with E-state index in [4.69, 9.17) is 23.2 Å². The molecule has 0 fully saturated rings. The third kappa shape index (κ3) is 4.56. The fraction of sp³-hybridized carbons (Fsp3) is 0.150. The third-order valence-electron chi connectivity index (χ3n) is 4.42. The Kier molecular flexibility index (Phi) is 5.90. The minimum Gasteiger partial charge on any atom is -0.304 e. The number of nitrogens with one attached hydrogen (secondary N) is 1. The molecule has 1 N–H and O–H groups in total. The highest BCUT2D eigenvalue weighted by Gasteiger charge is 2.15. The van der Waals surface area contributed by atoms with Crippen molar-refractivity contribution < 1.29 is 9.18 Å². The fourth-order valence-electron chi connectivity index (χ4n) is 2.93. The molecule has 0 aliphatic rings. The normalized spacial score (nSPS) is 11.1. The Hall–Kier alpha value is -2.68. The van der Waals surface area contributed by atoms with Gasteiger partial charge in [0.2, 0.25) is 0 Å². The van der Waals surface area contributed by atoms with Crippen molar-refractivity contribution in [2.75, 3.05) is 5.32 Å². The maximum Gasteiger partial charge on any atom is 0.266 e. The van der Waals surface area contributed by atoms with E-state index in [0.29, 0.717) is 32.8 Å². The van der Waals surface area contributed by atoms with Crippen molar-refractivity contribution in [2.45, 2.75) is 20.0 Å². The number of hydrogen-bond donors (Lipinski definition) is 1. The van der Waals surface area contributed by atoms with Gasteiger partial charge in [0, 0.05) is 28.5 Å². The zero-order valence-electron chi connectivity index (χ0n) is 15.8. The summed E-state index contributed by atoms with van der Waals surface area (Å²) in [6, 6.07) is 8.08. The van der Waals surface area contributed by atoms with E-state index < -0.39 is 5.82 Å². The number of aryl methyl sites for hydroxylation is 1. The molecule has 3 heterocycles. The molecular weight excluding hydrogens is 448 g/mol. The number of carbonyl (C=O) groups excluding carboxylic acids is 1. The second-order valence-corrected chi connectivity index (χ2v) is 8.41. The summed E-state index contributed by atoms with van der Waals surface area (Å²) in [5, 5.41) is 14.1. The number of carbonyl (C=O) groups is 1. The molecule has 0 aliphatic carbocycles. The first-order valence-corrected chi connectivity index (χ1v) is 10.6. The van der Waals surface area contributed by atoms with Crippen LogP contribution in [0.5, 0.6) is 0 Å². The lowest BCUT2D eigenvalue weighted by molar-refractivity contribution is 0.103. The van der Waals surface area contributed by atoms with Crippen LogP contribution in [0.4, 0.5) is 10.2 Å². The van der Waals surface area contributed by atoms with Crippen molar-refractivity contribution in [3.8, 4) is 0 Å². The SMILES string of the molecule is Cc1cc(NC(=O)c2cc(Cn3cc(Cl)cn3)cs2)nn1Cc1c(F)cccc1Cl. The van der Waals surface area contributed by atoms with Crippen LogP contribution < -0.4 is 5.32 Å². The van der Waals surface area contributed by atoms with Crippen LogP contribution in [0.25, 0.3) is 0 Å². The van der Waals surface area contributed by atoms with Gasteiger partial charge in [-0.15, -0.1) is 11.3 Å². The van der Waals surface area contributed by atoms with E-state index in [9.17, 15) is 9.18 Å². The quantitative estimate of drug-likeness (QED) is 0.424. The summed E-state index contributed by atoms with van der Waals surface area (Å²) in [5.41, 5.74) is 2.07. The Morgan fingerprint density at radius 3 is 2.83 bits per heavy atom. The third-order valence-corrected chi connectivity index (χ3v) is 5.94. The van der Waals surface area contributed by atoms with Gasteiger partial charge in [-0.1, -0.05) is 29.3 Å². The molecule has 0 bridgehead atoms. The number of rotatable bonds is 6. The largest absolute Gasteiger partial charge is 0.304 e. The number of amides is 1. The molecule has 154 valence electrons. The van der Waals surface area contributed by atoms with Gasteiger partial charge in [-0.3, -0.25) is 14.2 Å². The molecule has 10 heteroatoms. The van der Waals surface area contributed by atoms with Gasteiger partial charge in [0.15, 0.2) is 5.82 Å². The van der Waals surface area contributed by atoms with Crippen LogP contribution in [0.1, 0.15) is 26.5 Å². The Morgan fingerprint density at radius 1 is 1.27 bits per heavy atom. The molecule has 0 aliphatic heterocycles. The summed E-state index contributed by atoms with van der Waals surface area (Å²) in [5.74, 6) is -0.273. The highest BCUT2D eigenvalue weighted by atomic mass is 35.5. The lowest BCUT2D eigenvalue weighted by atomic mass is 10.2. The summed E-state index contributed by atoms with van der Waals surface area (Å²) in [6.45, 7) is 2.52. The van der Waals surface area contributed by atoms with E-state index in [1.54, 1.807) is 46.0 Å². The summed E-state index contributed by atoms with van der Waals surface area (Å²) in [6.07, 6.45) is 3.28. The molecule has 30 heavy (non-hydrogen) atoms. The molecular formula is C20H16Cl2FN5OS. The van der Waals surface area contributed by atoms with Gasteiger partial charge >= 0.3 is 0 Å². The Bertz CT molecular complexity index is 1200. The topological polar surface area (TPSA) is 64.7 Å². The van der Waals surface area contributed by atoms with E-state index in [1.165, 1.54) is 17.4 Å². The number of benzene rings is 1. The van der Waals surface area contributed by atoms with Crippen LogP contribution in [0, 0.1) is 12.7 Å². The smallest absolute Gasteiger partial charge is 0.266 e. The average molecular weight is 464 g/mol. The minimum atomic E-state index is -0.396. The molecule has 6 nitrogen and oxygen atoms in total. The lowest BCUT2D eigenvalue weighted by Crippen LogP contribution is -2.12. The zero-order valence-corrected chi connectivity index (χ0v) is 18.1. The van der Waals surface area contributed by atoms with Crippen LogP contribution in [-0.4, -0.2) is 25.5 Å². The van der Waals surface area contributed by atoms with Gasteiger partial charge in [-0.25, -0.2) is 4.39 Å². The maximum absolute atomic E-state index is 14.1. The van der Waals surface area contributed by atoms with Gasteiger partial charge in [0.1, 0.15) is 5.82 Å². The second-order valence-electron chi connectivity index (χ2n) is 6.66. The number of nitrogens with zero attached hydrogens (tertiary/aromatic N) is 4. The number of anilines is 1. The lowest BCUT2D eigenvalue weighted by Gasteiger charge is -2.07. The van der Waals surface area contributed by atoms with Gasteiger partial charge in [-0.2, -0.15) is 10.2 Å². The second kappa shape index (κ2) is 8.59. The number of halogens is 3. The molecule has 0 atom stereocenters. The highest BCUT2D eigenvalue weighted by molar-refractivity contribution is 7.12. The fourth-order valence-corrected chi connectivity index (χ4v) is 4.11. The Labute approximate surface area is 185 Å². The number of aromatic nitrogens is 4. The van der Waals surface area contributed by atoms with Crippen LogP contribution in [0.2, 0.25) is 10.0 Å². The van der Waals surface area contributed by atoms with E-state index in [-0.39, 0.29) is 12.5 Å². The predicted octanol–water partition coefficient (Wildman–Crippen LogP) is 5.24. The minimum absolute atomic E-state index is 0.169. The van der Waals surface area contributed by atoms with Crippen LogP contribution >= 0.6 is 34.5 Å². The first-order chi connectivity index (χ1) is 14.4. The summed E-state index contributed by atoms with van der Waals surface area (Å²) in [4.78, 5) is 13.1. The summed E-state index contributed by atoms with van der Waals surface area (Å²) >= 11 is 13.3. The van der Waals surface area contributed by atoms with Crippen molar-refractivity contribution in [3.63, 3.8) is 0 Å². The molecule has 0 unspecified atom stereocenters. The predicted molar refractivity (Wildman–Crippen MR) is 116 cm³/mol. The van der Waals surface area contributed by atoms with Crippen molar-refractivity contribution in [1.29, 1.82) is 0 Å². The first-order valence-electron chi connectivity index (χ1n) is 8.93. The Morgan fingerprint density at radius 2 is 2.10 bits per heavy atom. The van der Waals surface area contributed by atoms with Gasteiger partial charge in [0.25, 0.3) is 5.91 Å². The molecule has 4 rings (SSSR count). The van der Waals surface area contributed by atoms with Gasteiger partial charge in [0.05, 0.1) is 29.2 Å². The van der Waals surface area contributed by atoms with Crippen molar-refractivity contribution in [3.05, 3.63) is 85.7 Å². The van der Waals surface area contributed by atoms with E-state index >= 15 is 0 Å². The maximum atomic E-state index is 14.1. The molecule has 0 spiro atoms. The van der Waals surface area contributed by atoms with Crippen LogP contribution in [0.3, 0.4) is 0 Å². The monoisotopic (exact) mass is 463 g/mol. The summed E-state index contributed by atoms with van der Waals surface area (Å²) in [7, 11) is 0.